The third-order valence-corrected chi connectivity index (χ3v) is 7.29. The van der Waals surface area contributed by atoms with E-state index in [0.717, 1.165) is 68.9 Å². The molecule has 0 bridgehead atoms. The molecule has 42 heavy (non-hydrogen) atoms. The van der Waals surface area contributed by atoms with E-state index >= 15 is 0 Å². The average molecular weight is 588 g/mol. The molecule has 238 valence electrons. The lowest BCUT2D eigenvalue weighted by molar-refractivity contribution is -0.129. The molecule has 0 N–H and O–H groups in total. The van der Waals surface area contributed by atoms with Gasteiger partial charge in [0.05, 0.1) is 26.4 Å². The van der Waals surface area contributed by atoms with Gasteiger partial charge < -0.3 is 14.2 Å². The van der Waals surface area contributed by atoms with Crippen molar-refractivity contribution in [2.75, 3.05) is 39.6 Å². The van der Waals surface area contributed by atoms with E-state index in [1.807, 2.05) is 24.3 Å². The Bertz CT molecular complexity index is 857. The van der Waals surface area contributed by atoms with Crippen LogP contribution in [0.5, 0.6) is 0 Å². The van der Waals surface area contributed by atoms with Crippen molar-refractivity contribution in [2.45, 2.75) is 124 Å². The Morgan fingerprint density at radius 1 is 0.714 bits per heavy atom. The van der Waals surface area contributed by atoms with Crippen molar-refractivity contribution in [3.8, 4) is 0 Å². The Hall–Kier alpha value is -2.25. The fraction of sp³-hybridized carbons (Fsp3) is 0.765. The predicted molar refractivity (Wildman–Crippen MR) is 170 cm³/mol. The maximum absolute atomic E-state index is 13.0. The highest BCUT2D eigenvalue weighted by Gasteiger charge is 2.34. The van der Waals surface area contributed by atoms with Crippen LogP contribution in [-0.4, -0.2) is 51.2 Å². The molecule has 0 aliphatic carbocycles. The molecule has 0 heterocycles. The number of benzene rings is 1. The summed E-state index contributed by atoms with van der Waals surface area (Å²) >= 11 is 0. The van der Waals surface area contributed by atoms with Crippen molar-refractivity contribution in [1.29, 1.82) is 0 Å². The molecule has 1 aromatic carbocycles. The van der Waals surface area contributed by atoms with Gasteiger partial charge in [-0.15, -0.1) is 0 Å². The van der Waals surface area contributed by atoms with E-state index in [0.29, 0.717) is 65.4 Å². The van der Waals surface area contributed by atoms with Gasteiger partial charge in [0.2, 0.25) is 0 Å². The van der Waals surface area contributed by atoms with Gasteiger partial charge in [0.1, 0.15) is 5.78 Å². The monoisotopic (exact) mass is 587 g/mol. The van der Waals surface area contributed by atoms with Crippen molar-refractivity contribution in [1.82, 2.24) is 0 Å². The molecule has 0 aliphatic rings. The number of azide groups is 1. The standard InChI is InChI=1S/C34H57N3O5/c1-4-22-40-27-34(28-41-23-5-2,29-42-24-6-3)25-32(38)16-14-12-10-8-7-9-11-13-15-17-33(39)31-20-18-30(19-21-31)26-36-37-35/h18-21H,4-17,22-29H2,1-3H3. The number of Topliss-reactive ketones (excluding diaryl/α,β-unsaturated/α-hetero) is 2. The number of nitrogens with zero attached hydrogens (tertiary/aromatic N) is 3. The topological polar surface area (TPSA) is 111 Å². The van der Waals surface area contributed by atoms with E-state index in [2.05, 4.69) is 30.8 Å². The molecule has 0 spiro atoms. The molecule has 0 radical (unpaired) electrons. The molecule has 8 nitrogen and oxygen atoms in total. The summed E-state index contributed by atoms with van der Waals surface area (Å²) in [4.78, 5) is 28.1. The minimum absolute atomic E-state index is 0.174. The Morgan fingerprint density at radius 3 is 1.62 bits per heavy atom. The van der Waals surface area contributed by atoms with Crippen LogP contribution in [0.2, 0.25) is 0 Å². The number of hydrogen-bond donors (Lipinski definition) is 0. The van der Waals surface area contributed by atoms with Gasteiger partial charge in [-0.3, -0.25) is 9.59 Å². The lowest BCUT2D eigenvalue weighted by atomic mass is 9.84. The number of unbranched alkanes of at least 4 members (excludes halogenated alkanes) is 8. The molecule has 0 unspecified atom stereocenters. The summed E-state index contributed by atoms with van der Waals surface area (Å²) in [6.45, 7) is 10.2. The molecule has 0 aromatic heterocycles. The van der Waals surface area contributed by atoms with Gasteiger partial charge in [0.25, 0.3) is 0 Å². The van der Waals surface area contributed by atoms with E-state index in [1.54, 1.807) is 0 Å². The second-order valence-electron chi connectivity index (χ2n) is 11.6. The van der Waals surface area contributed by atoms with Crippen LogP contribution < -0.4 is 0 Å². The Kier molecular flexibility index (Phi) is 22.7. The summed E-state index contributed by atoms with van der Waals surface area (Å²) in [6, 6.07) is 7.34. The van der Waals surface area contributed by atoms with Crippen molar-refractivity contribution >= 4 is 11.6 Å². The molecule has 0 fully saturated rings. The maximum atomic E-state index is 13.0. The van der Waals surface area contributed by atoms with Gasteiger partial charge in [-0.1, -0.05) is 95.1 Å². The summed E-state index contributed by atoms with van der Waals surface area (Å²) < 4.78 is 17.8. The van der Waals surface area contributed by atoms with Gasteiger partial charge in [-0.25, -0.2) is 0 Å². The zero-order valence-corrected chi connectivity index (χ0v) is 26.7. The fourth-order valence-corrected chi connectivity index (χ4v) is 4.98. The van der Waals surface area contributed by atoms with Gasteiger partial charge in [-0.05, 0) is 43.2 Å². The minimum Gasteiger partial charge on any atom is -0.381 e. The van der Waals surface area contributed by atoms with Crippen LogP contribution in [0.3, 0.4) is 0 Å². The fourth-order valence-electron chi connectivity index (χ4n) is 4.98. The molecule has 0 saturated carbocycles. The summed E-state index contributed by atoms with van der Waals surface area (Å²) in [6.07, 6.45) is 14.4. The molecule has 1 rings (SSSR count). The largest absolute Gasteiger partial charge is 0.381 e. The van der Waals surface area contributed by atoms with Gasteiger partial charge in [0.15, 0.2) is 5.78 Å². The number of ether oxygens (including phenoxy) is 3. The number of rotatable bonds is 29. The normalized spacial score (nSPS) is 11.4. The maximum Gasteiger partial charge on any atom is 0.162 e. The smallest absolute Gasteiger partial charge is 0.162 e. The van der Waals surface area contributed by atoms with Gasteiger partial charge in [0, 0.05) is 55.0 Å². The molecule has 1 aromatic rings. The van der Waals surface area contributed by atoms with Crippen molar-refractivity contribution < 1.29 is 23.8 Å². The van der Waals surface area contributed by atoms with E-state index in [-0.39, 0.29) is 11.6 Å². The van der Waals surface area contributed by atoms with E-state index in [9.17, 15) is 9.59 Å². The first-order valence-electron chi connectivity index (χ1n) is 16.4. The van der Waals surface area contributed by atoms with Crippen molar-refractivity contribution in [2.24, 2.45) is 10.5 Å². The molecular weight excluding hydrogens is 530 g/mol. The predicted octanol–water partition coefficient (Wildman–Crippen LogP) is 9.20. The van der Waals surface area contributed by atoms with E-state index in [4.69, 9.17) is 19.7 Å². The average Bonchev–Trinajstić information content (AvgIpc) is 2.99. The third-order valence-electron chi connectivity index (χ3n) is 7.29. The van der Waals surface area contributed by atoms with Crippen LogP contribution in [0.4, 0.5) is 0 Å². The summed E-state index contributed by atoms with van der Waals surface area (Å²) in [5, 5.41) is 3.54. The summed E-state index contributed by atoms with van der Waals surface area (Å²) in [5.74, 6) is 0.460. The summed E-state index contributed by atoms with van der Waals surface area (Å²) in [7, 11) is 0. The zero-order chi connectivity index (χ0) is 30.7. The highest BCUT2D eigenvalue weighted by molar-refractivity contribution is 5.96. The third kappa shape index (κ3) is 18.3. The quantitative estimate of drug-likeness (QED) is 0.0305. The SMILES string of the molecule is CCCOCC(COCCC)(COCCC)CC(=O)CCCCCCCCCCCC(=O)c1ccc(CN=[N+]=[N-])cc1. The van der Waals surface area contributed by atoms with E-state index in [1.165, 1.54) is 19.3 Å². The zero-order valence-electron chi connectivity index (χ0n) is 26.7. The van der Waals surface area contributed by atoms with Crippen LogP contribution in [0, 0.1) is 5.41 Å². The molecule has 8 heteroatoms. The van der Waals surface area contributed by atoms with E-state index < -0.39 is 5.41 Å². The molecule has 0 saturated heterocycles. The Labute approximate surface area is 254 Å². The Morgan fingerprint density at radius 2 is 1.17 bits per heavy atom. The van der Waals surface area contributed by atoms with Gasteiger partial charge in [-0.2, -0.15) is 0 Å². The number of ketones is 2. The van der Waals surface area contributed by atoms with Crippen LogP contribution in [0.15, 0.2) is 29.4 Å². The first-order chi connectivity index (χ1) is 20.5. The van der Waals surface area contributed by atoms with Crippen molar-refractivity contribution in [3.05, 3.63) is 45.8 Å². The first kappa shape index (κ1) is 37.8. The molecule has 0 aliphatic heterocycles. The second-order valence-corrected chi connectivity index (χ2v) is 11.6. The first-order valence-corrected chi connectivity index (χ1v) is 16.4. The Balaban J connectivity index is 2.22. The van der Waals surface area contributed by atoms with Crippen LogP contribution in [0.1, 0.15) is 133 Å². The van der Waals surface area contributed by atoms with Crippen LogP contribution in [-0.2, 0) is 25.5 Å². The lowest BCUT2D eigenvalue weighted by Crippen LogP contribution is -2.40. The highest BCUT2D eigenvalue weighted by atomic mass is 16.5. The molecular formula is C34H57N3O5. The van der Waals surface area contributed by atoms with Gasteiger partial charge >= 0.3 is 0 Å². The van der Waals surface area contributed by atoms with Crippen LogP contribution >= 0.6 is 0 Å². The molecule has 0 amide bonds. The summed E-state index contributed by atoms with van der Waals surface area (Å²) in [5.41, 5.74) is 9.64. The van der Waals surface area contributed by atoms with Crippen molar-refractivity contribution in [3.63, 3.8) is 0 Å². The lowest BCUT2D eigenvalue weighted by Gasteiger charge is -2.33. The number of carbonyl (C=O) groups is 2. The molecule has 0 atom stereocenters. The number of carbonyl (C=O) groups excluding carboxylic acids is 2. The number of hydrogen-bond acceptors (Lipinski definition) is 6. The minimum atomic E-state index is -0.403. The second kappa shape index (κ2) is 25.3. The highest BCUT2D eigenvalue weighted by Crippen LogP contribution is 2.27. The van der Waals surface area contributed by atoms with Crippen LogP contribution in [0.25, 0.3) is 10.4 Å².